The summed E-state index contributed by atoms with van der Waals surface area (Å²) in [4.78, 5) is 14.7. The van der Waals surface area contributed by atoms with Crippen LogP contribution >= 0.6 is 15.9 Å². The molecule has 1 aliphatic heterocycles. The maximum absolute atomic E-state index is 12.4. The predicted molar refractivity (Wildman–Crippen MR) is 77.8 cm³/mol. The Kier molecular flexibility index (Phi) is 4.23. The van der Waals surface area contributed by atoms with Crippen molar-refractivity contribution in [3.05, 3.63) is 34.3 Å². The van der Waals surface area contributed by atoms with Gasteiger partial charge in [-0.2, -0.15) is 0 Å². The molecule has 0 amide bonds. The second kappa shape index (κ2) is 5.54. The number of benzene rings is 1. The number of carbonyl (C=O) groups is 1. The van der Waals surface area contributed by atoms with E-state index in [0.717, 1.165) is 23.1 Å². The topological polar surface area (TPSA) is 20.3 Å². The first-order valence-electron chi connectivity index (χ1n) is 6.53. The van der Waals surface area contributed by atoms with Crippen LogP contribution in [-0.4, -0.2) is 29.8 Å². The molecule has 3 heteroatoms. The van der Waals surface area contributed by atoms with Crippen molar-refractivity contribution in [3.63, 3.8) is 0 Å². The standard InChI is InChI=1S/C15H20BrNO/c1-10-8-17(9-11(10)2)12(3)15(18)13-4-6-14(16)7-5-13/h4-7,10-12H,8-9H2,1-3H3. The minimum absolute atomic E-state index is 0.0152. The summed E-state index contributed by atoms with van der Waals surface area (Å²) in [7, 11) is 0. The zero-order chi connectivity index (χ0) is 13.3. The van der Waals surface area contributed by atoms with E-state index in [2.05, 4.69) is 34.7 Å². The zero-order valence-corrected chi connectivity index (χ0v) is 12.8. The monoisotopic (exact) mass is 309 g/mol. The molecule has 1 aromatic carbocycles. The van der Waals surface area contributed by atoms with Crippen molar-refractivity contribution < 1.29 is 4.79 Å². The molecule has 3 atom stereocenters. The van der Waals surface area contributed by atoms with Crippen LogP contribution in [0.15, 0.2) is 28.7 Å². The number of hydrogen-bond donors (Lipinski definition) is 0. The molecule has 0 radical (unpaired) electrons. The van der Waals surface area contributed by atoms with Gasteiger partial charge in [0.1, 0.15) is 0 Å². The van der Waals surface area contributed by atoms with E-state index < -0.39 is 0 Å². The molecule has 1 aromatic rings. The third kappa shape index (κ3) is 2.83. The van der Waals surface area contributed by atoms with Crippen LogP contribution in [0.5, 0.6) is 0 Å². The van der Waals surface area contributed by atoms with Gasteiger partial charge in [0.2, 0.25) is 0 Å². The van der Waals surface area contributed by atoms with Crippen molar-refractivity contribution in [3.8, 4) is 0 Å². The van der Waals surface area contributed by atoms with Crippen LogP contribution in [0.2, 0.25) is 0 Å². The van der Waals surface area contributed by atoms with Crippen LogP contribution in [-0.2, 0) is 0 Å². The summed E-state index contributed by atoms with van der Waals surface area (Å²) >= 11 is 3.39. The molecule has 0 aromatic heterocycles. The summed E-state index contributed by atoms with van der Waals surface area (Å²) in [6.07, 6.45) is 0. The third-order valence-corrected chi connectivity index (χ3v) is 4.60. The highest BCUT2D eigenvalue weighted by Crippen LogP contribution is 2.25. The molecular formula is C15H20BrNO. The van der Waals surface area contributed by atoms with E-state index in [9.17, 15) is 4.79 Å². The molecule has 3 unspecified atom stereocenters. The largest absolute Gasteiger partial charge is 0.293 e. The van der Waals surface area contributed by atoms with Gasteiger partial charge in [-0.15, -0.1) is 0 Å². The van der Waals surface area contributed by atoms with Crippen molar-refractivity contribution >= 4 is 21.7 Å². The molecule has 1 aliphatic rings. The summed E-state index contributed by atoms with van der Waals surface area (Å²) in [6.45, 7) is 8.62. The van der Waals surface area contributed by atoms with E-state index in [1.165, 1.54) is 0 Å². The molecule has 1 heterocycles. The highest BCUT2D eigenvalue weighted by molar-refractivity contribution is 9.10. The van der Waals surface area contributed by atoms with Gasteiger partial charge in [0.15, 0.2) is 5.78 Å². The Labute approximate surface area is 117 Å². The van der Waals surface area contributed by atoms with E-state index in [4.69, 9.17) is 0 Å². The SMILES string of the molecule is CC1CN(C(C)C(=O)c2ccc(Br)cc2)CC1C. The number of nitrogens with zero attached hydrogens (tertiary/aromatic N) is 1. The molecule has 2 rings (SSSR count). The lowest BCUT2D eigenvalue weighted by Gasteiger charge is -2.23. The number of carbonyl (C=O) groups excluding carboxylic acids is 1. The number of halogens is 1. The minimum Gasteiger partial charge on any atom is -0.293 e. The van der Waals surface area contributed by atoms with E-state index in [0.29, 0.717) is 11.8 Å². The Balaban J connectivity index is 2.07. The summed E-state index contributed by atoms with van der Waals surface area (Å²) in [5, 5.41) is 0. The average molecular weight is 310 g/mol. The second-order valence-corrected chi connectivity index (χ2v) is 6.37. The van der Waals surface area contributed by atoms with Crippen molar-refractivity contribution in [2.75, 3.05) is 13.1 Å². The first-order chi connectivity index (χ1) is 8.49. The number of hydrogen-bond acceptors (Lipinski definition) is 2. The number of Topliss-reactive ketones (excluding diaryl/α,β-unsaturated/α-hetero) is 1. The van der Waals surface area contributed by atoms with E-state index in [1.54, 1.807) is 0 Å². The minimum atomic E-state index is -0.0152. The fraction of sp³-hybridized carbons (Fsp3) is 0.533. The molecule has 0 bridgehead atoms. The summed E-state index contributed by atoms with van der Waals surface area (Å²) in [5.74, 6) is 1.60. The molecular weight excluding hydrogens is 290 g/mol. The van der Waals surface area contributed by atoms with Gasteiger partial charge in [-0.25, -0.2) is 0 Å². The van der Waals surface area contributed by atoms with E-state index >= 15 is 0 Å². The van der Waals surface area contributed by atoms with Gasteiger partial charge >= 0.3 is 0 Å². The fourth-order valence-electron chi connectivity index (χ4n) is 2.51. The van der Waals surface area contributed by atoms with Crippen LogP contribution < -0.4 is 0 Å². The Morgan fingerprint density at radius 3 is 2.22 bits per heavy atom. The van der Waals surface area contributed by atoms with Gasteiger partial charge in [0.05, 0.1) is 6.04 Å². The summed E-state index contributed by atoms with van der Waals surface area (Å²) < 4.78 is 1.01. The second-order valence-electron chi connectivity index (χ2n) is 5.46. The molecule has 0 spiro atoms. The van der Waals surface area contributed by atoms with Crippen LogP contribution in [0.4, 0.5) is 0 Å². The Morgan fingerprint density at radius 2 is 1.72 bits per heavy atom. The fourth-order valence-corrected chi connectivity index (χ4v) is 2.78. The lowest BCUT2D eigenvalue weighted by molar-refractivity contribution is 0.0861. The lowest BCUT2D eigenvalue weighted by Crippen LogP contribution is -2.37. The highest BCUT2D eigenvalue weighted by atomic mass is 79.9. The molecule has 1 fully saturated rings. The molecule has 0 aliphatic carbocycles. The molecule has 18 heavy (non-hydrogen) atoms. The molecule has 2 nitrogen and oxygen atoms in total. The lowest BCUT2D eigenvalue weighted by atomic mass is 10.0. The maximum atomic E-state index is 12.4. The van der Waals surface area contributed by atoms with Gasteiger partial charge in [-0.1, -0.05) is 41.9 Å². The van der Waals surface area contributed by atoms with Crippen molar-refractivity contribution in [2.45, 2.75) is 26.8 Å². The summed E-state index contributed by atoms with van der Waals surface area (Å²) in [5.41, 5.74) is 0.804. The Bertz CT molecular complexity index is 419. The zero-order valence-electron chi connectivity index (χ0n) is 11.2. The molecule has 0 saturated carbocycles. The van der Waals surface area contributed by atoms with E-state index in [-0.39, 0.29) is 11.8 Å². The molecule has 1 saturated heterocycles. The third-order valence-electron chi connectivity index (χ3n) is 4.07. The van der Waals surface area contributed by atoms with Gasteiger partial charge in [-0.3, -0.25) is 9.69 Å². The quantitative estimate of drug-likeness (QED) is 0.795. The van der Waals surface area contributed by atoms with Crippen LogP contribution in [0, 0.1) is 11.8 Å². The van der Waals surface area contributed by atoms with Crippen LogP contribution in [0.25, 0.3) is 0 Å². The first-order valence-corrected chi connectivity index (χ1v) is 7.32. The van der Waals surface area contributed by atoms with E-state index in [1.807, 2.05) is 31.2 Å². The van der Waals surface area contributed by atoms with Gasteiger partial charge in [0.25, 0.3) is 0 Å². The van der Waals surface area contributed by atoms with Gasteiger partial charge in [0, 0.05) is 23.1 Å². The Morgan fingerprint density at radius 1 is 1.22 bits per heavy atom. The number of ketones is 1. The van der Waals surface area contributed by atoms with Crippen molar-refractivity contribution in [1.82, 2.24) is 4.90 Å². The smallest absolute Gasteiger partial charge is 0.179 e. The highest BCUT2D eigenvalue weighted by Gasteiger charge is 2.32. The van der Waals surface area contributed by atoms with Crippen molar-refractivity contribution in [1.29, 1.82) is 0 Å². The Hall–Kier alpha value is -0.670. The normalized spacial score (nSPS) is 26.2. The molecule has 0 N–H and O–H groups in total. The van der Waals surface area contributed by atoms with Crippen LogP contribution in [0.3, 0.4) is 0 Å². The molecule has 98 valence electrons. The van der Waals surface area contributed by atoms with Gasteiger partial charge < -0.3 is 0 Å². The maximum Gasteiger partial charge on any atom is 0.179 e. The number of likely N-dealkylation sites (tertiary alicyclic amines) is 1. The van der Waals surface area contributed by atoms with Crippen LogP contribution in [0.1, 0.15) is 31.1 Å². The van der Waals surface area contributed by atoms with Gasteiger partial charge in [-0.05, 0) is 30.9 Å². The summed E-state index contributed by atoms with van der Waals surface area (Å²) in [6, 6.07) is 7.63. The average Bonchev–Trinajstić information content (AvgIpc) is 2.69. The van der Waals surface area contributed by atoms with Crippen molar-refractivity contribution in [2.24, 2.45) is 11.8 Å². The number of rotatable bonds is 3. The first kappa shape index (κ1) is 13.8. The predicted octanol–water partition coefficient (Wildman–Crippen LogP) is 3.61.